The molecule has 0 unspecified atom stereocenters. The summed E-state index contributed by atoms with van der Waals surface area (Å²) in [5.74, 6) is 0.936. The van der Waals surface area contributed by atoms with Crippen molar-refractivity contribution < 1.29 is 9.53 Å². The topological polar surface area (TPSA) is 76.1 Å². The molecule has 1 aliphatic carbocycles. The van der Waals surface area contributed by atoms with Crippen molar-refractivity contribution in [1.82, 2.24) is 15.4 Å². The lowest BCUT2D eigenvalue weighted by molar-refractivity contribution is -0.122. The van der Waals surface area contributed by atoms with Crippen LogP contribution in [0.15, 0.2) is 23.9 Å². The van der Waals surface area contributed by atoms with Gasteiger partial charge in [0.05, 0.1) is 13.0 Å². The number of anilines is 1. The van der Waals surface area contributed by atoms with Gasteiger partial charge in [-0.2, -0.15) is 4.98 Å². The van der Waals surface area contributed by atoms with Gasteiger partial charge in [0.15, 0.2) is 0 Å². The van der Waals surface area contributed by atoms with E-state index in [1.807, 2.05) is 13.8 Å². The van der Waals surface area contributed by atoms with E-state index in [2.05, 4.69) is 40.7 Å². The summed E-state index contributed by atoms with van der Waals surface area (Å²) in [5, 5.41) is 0. The van der Waals surface area contributed by atoms with Crippen LogP contribution in [0.3, 0.4) is 0 Å². The smallest absolute Gasteiger partial charge is 0.245 e. The number of nitrogens with zero attached hydrogens (tertiary/aromatic N) is 2. The van der Waals surface area contributed by atoms with Gasteiger partial charge < -0.3 is 4.74 Å². The third-order valence-corrected chi connectivity index (χ3v) is 3.84. The summed E-state index contributed by atoms with van der Waals surface area (Å²) in [6.07, 6.45) is 3.72. The van der Waals surface area contributed by atoms with Gasteiger partial charge in [-0.05, 0) is 25.2 Å². The highest BCUT2D eigenvalue weighted by molar-refractivity contribution is 5.84. The number of carbonyl (C=O) groups excluding carboxylic acids is 1. The molecule has 1 fully saturated rings. The van der Waals surface area contributed by atoms with Gasteiger partial charge in [0.25, 0.3) is 0 Å². The van der Waals surface area contributed by atoms with E-state index in [0.717, 1.165) is 0 Å². The molecular weight excluding hydrogens is 268 g/mol. The van der Waals surface area contributed by atoms with E-state index in [4.69, 9.17) is 4.74 Å². The highest BCUT2D eigenvalue weighted by Crippen LogP contribution is 2.59. The minimum atomic E-state index is -0.0473. The maximum atomic E-state index is 12.3. The fraction of sp³-hybridized carbons (Fsp3) is 0.533. The highest BCUT2D eigenvalue weighted by Gasteiger charge is 2.60. The number of hydrogen-bond acceptors (Lipinski definition) is 5. The van der Waals surface area contributed by atoms with Crippen LogP contribution in [-0.2, 0) is 4.79 Å². The molecule has 114 valence electrons. The average molecular weight is 290 g/mol. The van der Waals surface area contributed by atoms with Gasteiger partial charge in [-0.15, -0.1) is 0 Å². The van der Waals surface area contributed by atoms with Gasteiger partial charge in [-0.25, -0.2) is 4.98 Å². The normalized spacial score (nSPS) is 22.1. The van der Waals surface area contributed by atoms with Crippen molar-refractivity contribution in [2.75, 3.05) is 12.5 Å². The van der Waals surface area contributed by atoms with Crippen LogP contribution in [-0.4, -0.2) is 23.0 Å². The Hall–Kier alpha value is -2.11. The molecule has 0 aliphatic heterocycles. The zero-order chi connectivity index (χ0) is 15.6. The molecule has 6 heteroatoms. The largest absolute Gasteiger partial charge is 0.481 e. The Balaban J connectivity index is 1.95. The zero-order valence-electron chi connectivity index (χ0n) is 13.1. The molecule has 1 amide bonds. The first-order chi connectivity index (χ1) is 9.86. The summed E-state index contributed by atoms with van der Waals surface area (Å²) in [6.45, 7) is 8.30. The summed E-state index contributed by atoms with van der Waals surface area (Å²) in [5.41, 5.74) is 6.62. The number of aromatic nitrogens is 2. The number of nitrogens with one attached hydrogen (secondary N) is 2. The Morgan fingerprint density at radius 1 is 1.43 bits per heavy atom. The summed E-state index contributed by atoms with van der Waals surface area (Å²) < 4.78 is 5.00. The number of allylic oxidation sites excluding steroid dienone is 2. The quantitative estimate of drug-likeness (QED) is 0.642. The van der Waals surface area contributed by atoms with Crippen molar-refractivity contribution in [2.45, 2.75) is 27.7 Å². The van der Waals surface area contributed by atoms with E-state index in [-0.39, 0.29) is 23.2 Å². The molecule has 1 aliphatic rings. The van der Waals surface area contributed by atoms with Crippen LogP contribution in [0.4, 0.5) is 5.95 Å². The molecular formula is C15H22N4O2. The van der Waals surface area contributed by atoms with Gasteiger partial charge in [0.1, 0.15) is 0 Å². The van der Waals surface area contributed by atoms with Crippen LogP contribution in [0.5, 0.6) is 5.88 Å². The Morgan fingerprint density at radius 3 is 2.76 bits per heavy atom. The van der Waals surface area contributed by atoms with Gasteiger partial charge in [-0.3, -0.25) is 15.6 Å². The lowest BCUT2D eigenvalue weighted by Crippen LogP contribution is -2.33. The van der Waals surface area contributed by atoms with E-state index in [1.54, 1.807) is 12.3 Å². The van der Waals surface area contributed by atoms with Crippen molar-refractivity contribution >= 4 is 11.9 Å². The van der Waals surface area contributed by atoms with Crippen LogP contribution in [0, 0.1) is 17.3 Å². The second-order valence-electron chi connectivity index (χ2n) is 6.11. The Morgan fingerprint density at radius 2 is 2.14 bits per heavy atom. The number of hydrogen-bond donors (Lipinski definition) is 2. The van der Waals surface area contributed by atoms with Crippen LogP contribution >= 0.6 is 0 Å². The standard InChI is InChI=1S/C15H22N4O2/c1-9(2)8-10-12(15(10,3)4)13(20)18-19-14-16-7-6-11(17-14)21-5/h6-8,10,12H,1-5H3,(H,18,20)(H,16,17,19)/t10-,12+/m1/s1. The number of methoxy groups -OCH3 is 1. The maximum absolute atomic E-state index is 12.3. The molecule has 0 bridgehead atoms. The van der Waals surface area contributed by atoms with Crippen molar-refractivity contribution in [3.05, 3.63) is 23.9 Å². The molecule has 2 atom stereocenters. The minimum absolute atomic E-state index is 0.0156. The molecule has 1 heterocycles. The van der Waals surface area contributed by atoms with Gasteiger partial charge in [0, 0.05) is 12.3 Å². The molecule has 0 spiro atoms. The van der Waals surface area contributed by atoms with E-state index in [1.165, 1.54) is 12.7 Å². The SMILES string of the molecule is COc1ccnc(NNC(=O)[C@@H]2[C@@H](C=C(C)C)C2(C)C)n1. The van der Waals surface area contributed by atoms with E-state index in [0.29, 0.717) is 11.8 Å². The monoisotopic (exact) mass is 290 g/mol. The summed E-state index contributed by atoms with van der Waals surface area (Å²) in [6, 6.07) is 1.64. The van der Waals surface area contributed by atoms with Crippen molar-refractivity contribution in [1.29, 1.82) is 0 Å². The predicted octanol–water partition coefficient (Wildman–Crippen LogP) is 2.17. The van der Waals surface area contributed by atoms with E-state index < -0.39 is 0 Å². The molecule has 1 aromatic rings. The number of rotatable bonds is 5. The Bertz CT molecular complexity index is 565. The third kappa shape index (κ3) is 3.32. The number of hydrazine groups is 1. The van der Waals surface area contributed by atoms with Crippen LogP contribution in [0.1, 0.15) is 27.7 Å². The lowest BCUT2D eigenvalue weighted by Gasteiger charge is -2.08. The Labute approximate surface area is 125 Å². The van der Waals surface area contributed by atoms with Crippen molar-refractivity contribution in [3.63, 3.8) is 0 Å². The molecule has 21 heavy (non-hydrogen) atoms. The first-order valence-corrected chi connectivity index (χ1v) is 6.94. The van der Waals surface area contributed by atoms with Crippen LogP contribution in [0.25, 0.3) is 0 Å². The Kier molecular flexibility index (Phi) is 4.16. The summed E-state index contributed by atoms with van der Waals surface area (Å²) in [7, 11) is 1.53. The summed E-state index contributed by atoms with van der Waals surface area (Å²) in [4.78, 5) is 20.3. The minimum Gasteiger partial charge on any atom is -0.481 e. The molecule has 2 rings (SSSR count). The fourth-order valence-corrected chi connectivity index (χ4v) is 2.56. The van der Waals surface area contributed by atoms with Crippen molar-refractivity contribution in [2.24, 2.45) is 17.3 Å². The molecule has 1 saturated carbocycles. The lowest BCUT2D eigenvalue weighted by atomic mass is 10.1. The van der Waals surface area contributed by atoms with E-state index in [9.17, 15) is 4.79 Å². The first-order valence-electron chi connectivity index (χ1n) is 6.94. The van der Waals surface area contributed by atoms with Gasteiger partial charge in [-0.1, -0.05) is 25.5 Å². The first kappa shape index (κ1) is 15.3. The maximum Gasteiger partial charge on any atom is 0.245 e. The fourth-order valence-electron chi connectivity index (χ4n) is 2.56. The molecule has 0 radical (unpaired) electrons. The third-order valence-electron chi connectivity index (χ3n) is 3.84. The van der Waals surface area contributed by atoms with Gasteiger partial charge >= 0.3 is 0 Å². The van der Waals surface area contributed by atoms with Crippen LogP contribution < -0.4 is 15.6 Å². The van der Waals surface area contributed by atoms with Crippen molar-refractivity contribution in [3.8, 4) is 5.88 Å². The molecule has 2 N–H and O–H groups in total. The number of ether oxygens (including phenoxy) is 1. The highest BCUT2D eigenvalue weighted by atomic mass is 16.5. The predicted molar refractivity (Wildman–Crippen MR) is 80.5 cm³/mol. The average Bonchev–Trinajstić information content (AvgIpc) is 2.96. The molecule has 0 aromatic carbocycles. The van der Waals surface area contributed by atoms with Gasteiger partial charge in [0.2, 0.25) is 17.7 Å². The van der Waals surface area contributed by atoms with E-state index >= 15 is 0 Å². The summed E-state index contributed by atoms with van der Waals surface area (Å²) >= 11 is 0. The number of amides is 1. The second kappa shape index (κ2) is 5.71. The molecule has 1 aromatic heterocycles. The zero-order valence-corrected chi connectivity index (χ0v) is 13.1. The second-order valence-corrected chi connectivity index (χ2v) is 6.11. The molecule has 6 nitrogen and oxygen atoms in total. The van der Waals surface area contributed by atoms with Crippen LogP contribution in [0.2, 0.25) is 0 Å². The molecule has 0 saturated heterocycles. The number of carbonyl (C=O) groups is 1.